The average molecular weight is 337 g/mol. The number of carbonyl (C=O) groups is 1. The Hall–Kier alpha value is -3.22. The van der Waals surface area contributed by atoms with Gasteiger partial charge >= 0.3 is 0 Å². The van der Waals surface area contributed by atoms with Crippen LogP contribution in [0.4, 0.5) is 0 Å². The first-order chi connectivity index (χ1) is 12.3. The van der Waals surface area contributed by atoms with Crippen LogP contribution in [0.15, 0.2) is 54.9 Å². The lowest BCUT2D eigenvalue weighted by atomic mass is 10.2. The van der Waals surface area contributed by atoms with E-state index in [0.717, 1.165) is 11.1 Å². The third kappa shape index (κ3) is 4.41. The molecule has 1 N–H and O–H groups in total. The van der Waals surface area contributed by atoms with Gasteiger partial charge in [0, 0.05) is 18.8 Å². The van der Waals surface area contributed by atoms with Crippen molar-refractivity contribution in [3.8, 4) is 5.88 Å². The first-order valence-corrected chi connectivity index (χ1v) is 7.96. The first-order valence-electron chi connectivity index (χ1n) is 7.96. The molecule has 1 amide bonds. The van der Waals surface area contributed by atoms with Crippen LogP contribution in [0.2, 0.25) is 0 Å². The second-order valence-corrected chi connectivity index (χ2v) is 5.47. The van der Waals surface area contributed by atoms with Gasteiger partial charge < -0.3 is 10.1 Å². The molecule has 0 bridgehead atoms. The summed E-state index contributed by atoms with van der Waals surface area (Å²) in [6.07, 6.45) is 3.85. The van der Waals surface area contributed by atoms with E-state index in [-0.39, 0.29) is 5.91 Å². The largest absolute Gasteiger partial charge is 0.481 e. The van der Waals surface area contributed by atoms with Crippen LogP contribution in [0.3, 0.4) is 0 Å². The van der Waals surface area contributed by atoms with Crippen molar-refractivity contribution in [3.63, 3.8) is 0 Å². The maximum Gasteiger partial charge on any atom is 0.271 e. The van der Waals surface area contributed by atoms with Gasteiger partial charge in [-0.15, -0.1) is 5.10 Å². The van der Waals surface area contributed by atoms with Gasteiger partial charge in [0.25, 0.3) is 5.91 Å². The third-order valence-electron chi connectivity index (χ3n) is 3.73. The average Bonchev–Trinajstić information content (AvgIpc) is 3.11. The Labute approximate surface area is 145 Å². The SMILES string of the molecule is COc1cc(CCNC(=O)c2cnnn2Cc2ccccc2)ccn1. The molecular formula is C18H19N5O2. The molecule has 0 saturated heterocycles. The number of rotatable bonds is 7. The molecule has 25 heavy (non-hydrogen) atoms. The zero-order valence-corrected chi connectivity index (χ0v) is 13.9. The van der Waals surface area contributed by atoms with Gasteiger partial charge in [0.1, 0.15) is 5.69 Å². The normalized spacial score (nSPS) is 10.4. The standard InChI is InChI=1S/C18H19N5O2/c1-25-17-11-14(7-9-19-17)8-10-20-18(24)16-12-21-22-23(16)13-15-5-3-2-4-6-15/h2-7,9,11-12H,8,10,13H2,1H3,(H,20,24). The highest BCUT2D eigenvalue weighted by molar-refractivity contribution is 5.92. The van der Waals surface area contributed by atoms with Crippen molar-refractivity contribution in [2.24, 2.45) is 0 Å². The van der Waals surface area contributed by atoms with Gasteiger partial charge in [-0.1, -0.05) is 35.5 Å². The third-order valence-corrected chi connectivity index (χ3v) is 3.73. The minimum atomic E-state index is -0.193. The van der Waals surface area contributed by atoms with Crippen LogP contribution >= 0.6 is 0 Å². The minimum absolute atomic E-state index is 0.193. The Balaban J connectivity index is 1.57. The number of amides is 1. The fourth-order valence-electron chi connectivity index (χ4n) is 2.44. The Kier molecular flexibility index (Phi) is 5.36. The van der Waals surface area contributed by atoms with E-state index in [2.05, 4.69) is 20.6 Å². The zero-order valence-electron chi connectivity index (χ0n) is 13.9. The van der Waals surface area contributed by atoms with E-state index in [9.17, 15) is 4.79 Å². The van der Waals surface area contributed by atoms with Crippen LogP contribution in [-0.2, 0) is 13.0 Å². The van der Waals surface area contributed by atoms with Gasteiger partial charge in [0.15, 0.2) is 0 Å². The summed E-state index contributed by atoms with van der Waals surface area (Å²) in [6, 6.07) is 13.6. The summed E-state index contributed by atoms with van der Waals surface area (Å²) in [5, 5.41) is 10.8. The fraction of sp³-hybridized carbons (Fsp3) is 0.222. The molecule has 1 aromatic carbocycles. The van der Waals surface area contributed by atoms with Crippen LogP contribution in [0.1, 0.15) is 21.6 Å². The van der Waals surface area contributed by atoms with E-state index in [1.165, 1.54) is 6.20 Å². The number of carbonyl (C=O) groups excluding carboxylic acids is 1. The van der Waals surface area contributed by atoms with E-state index >= 15 is 0 Å². The van der Waals surface area contributed by atoms with E-state index in [1.54, 1.807) is 18.0 Å². The molecule has 0 radical (unpaired) electrons. The smallest absolute Gasteiger partial charge is 0.271 e. The van der Waals surface area contributed by atoms with Crippen molar-refractivity contribution in [2.75, 3.05) is 13.7 Å². The van der Waals surface area contributed by atoms with Crippen LogP contribution in [0.5, 0.6) is 5.88 Å². The molecule has 0 aliphatic rings. The molecule has 0 spiro atoms. The lowest BCUT2D eigenvalue weighted by Crippen LogP contribution is -2.28. The highest BCUT2D eigenvalue weighted by atomic mass is 16.5. The number of aromatic nitrogens is 4. The summed E-state index contributed by atoms with van der Waals surface area (Å²) in [7, 11) is 1.58. The predicted molar refractivity (Wildman–Crippen MR) is 92.4 cm³/mol. The van der Waals surface area contributed by atoms with E-state index in [4.69, 9.17) is 4.74 Å². The molecule has 7 nitrogen and oxygen atoms in total. The van der Waals surface area contributed by atoms with Crippen molar-refractivity contribution in [1.29, 1.82) is 0 Å². The maximum absolute atomic E-state index is 12.4. The van der Waals surface area contributed by atoms with Gasteiger partial charge in [-0.05, 0) is 23.6 Å². The lowest BCUT2D eigenvalue weighted by molar-refractivity contribution is 0.0944. The molecular weight excluding hydrogens is 318 g/mol. The fourth-order valence-corrected chi connectivity index (χ4v) is 2.44. The van der Waals surface area contributed by atoms with Crippen LogP contribution in [0, 0.1) is 0 Å². The molecule has 0 saturated carbocycles. The van der Waals surface area contributed by atoms with Gasteiger partial charge in [-0.25, -0.2) is 9.67 Å². The second-order valence-electron chi connectivity index (χ2n) is 5.47. The number of methoxy groups -OCH3 is 1. The lowest BCUT2D eigenvalue weighted by Gasteiger charge is -2.08. The topological polar surface area (TPSA) is 81.9 Å². The summed E-state index contributed by atoms with van der Waals surface area (Å²) in [5.74, 6) is 0.371. The Morgan fingerprint density at radius 2 is 2.04 bits per heavy atom. The number of nitrogens with one attached hydrogen (secondary N) is 1. The predicted octanol–water partition coefficient (Wildman–Crippen LogP) is 1.70. The number of hydrogen-bond acceptors (Lipinski definition) is 5. The van der Waals surface area contributed by atoms with Gasteiger partial charge in [0.2, 0.25) is 5.88 Å². The first kappa shape index (κ1) is 16.6. The molecule has 7 heteroatoms. The summed E-state index contributed by atoms with van der Waals surface area (Å²) in [4.78, 5) is 16.4. The van der Waals surface area contributed by atoms with Crippen LogP contribution < -0.4 is 10.1 Å². The van der Waals surface area contributed by atoms with Gasteiger partial charge in [-0.3, -0.25) is 4.79 Å². The number of benzene rings is 1. The number of nitrogens with zero attached hydrogens (tertiary/aromatic N) is 4. The Bertz CT molecular complexity index is 832. The molecule has 128 valence electrons. The van der Waals surface area contributed by atoms with Crippen molar-refractivity contribution in [3.05, 3.63) is 71.7 Å². The number of pyridine rings is 1. The van der Waals surface area contributed by atoms with Gasteiger partial charge in [-0.2, -0.15) is 0 Å². The van der Waals surface area contributed by atoms with Crippen LogP contribution in [0.25, 0.3) is 0 Å². The van der Waals surface area contributed by atoms with E-state index in [0.29, 0.717) is 31.1 Å². The number of hydrogen-bond donors (Lipinski definition) is 1. The molecule has 2 heterocycles. The monoisotopic (exact) mass is 337 g/mol. The zero-order chi connectivity index (χ0) is 17.5. The molecule has 2 aromatic heterocycles. The summed E-state index contributed by atoms with van der Waals surface area (Å²) < 4.78 is 6.69. The number of ether oxygens (including phenoxy) is 1. The Morgan fingerprint density at radius 3 is 2.84 bits per heavy atom. The van der Waals surface area contributed by atoms with Crippen molar-refractivity contribution in [1.82, 2.24) is 25.3 Å². The summed E-state index contributed by atoms with van der Waals surface area (Å²) >= 11 is 0. The van der Waals surface area contributed by atoms with E-state index in [1.807, 2.05) is 42.5 Å². The molecule has 0 unspecified atom stereocenters. The van der Waals surface area contributed by atoms with E-state index < -0.39 is 0 Å². The minimum Gasteiger partial charge on any atom is -0.481 e. The summed E-state index contributed by atoms with van der Waals surface area (Å²) in [5.41, 5.74) is 2.55. The molecule has 0 fully saturated rings. The van der Waals surface area contributed by atoms with Crippen molar-refractivity contribution in [2.45, 2.75) is 13.0 Å². The quantitative estimate of drug-likeness (QED) is 0.710. The second kappa shape index (κ2) is 8.05. The highest BCUT2D eigenvalue weighted by Gasteiger charge is 2.13. The summed E-state index contributed by atoms with van der Waals surface area (Å²) in [6.45, 7) is 1.01. The van der Waals surface area contributed by atoms with Crippen LogP contribution in [-0.4, -0.2) is 39.5 Å². The molecule has 0 aliphatic heterocycles. The Morgan fingerprint density at radius 1 is 1.20 bits per heavy atom. The maximum atomic E-state index is 12.4. The highest BCUT2D eigenvalue weighted by Crippen LogP contribution is 2.09. The molecule has 3 rings (SSSR count). The molecule has 3 aromatic rings. The van der Waals surface area contributed by atoms with Gasteiger partial charge in [0.05, 0.1) is 19.9 Å². The molecule has 0 atom stereocenters. The molecule has 0 aliphatic carbocycles. The van der Waals surface area contributed by atoms with Crippen molar-refractivity contribution < 1.29 is 9.53 Å². The van der Waals surface area contributed by atoms with Crippen molar-refractivity contribution >= 4 is 5.91 Å².